The molecule has 2 N–H and O–H groups in total. The summed E-state index contributed by atoms with van der Waals surface area (Å²) in [5.74, 6) is -0.907. The van der Waals surface area contributed by atoms with Gasteiger partial charge >= 0.3 is 0 Å². The van der Waals surface area contributed by atoms with Gasteiger partial charge in [0.05, 0.1) is 24.3 Å². The lowest BCUT2D eigenvalue weighted by atomic mass is 9.85. The van der Waals surface area contributed by atoms with Crippen LogP contribution in [0.4, 0.5) is 0 Å². The molecule has 1 aliphatic carbocycles. The van der Waals surface area contributed by atoms with Crippen LogP contribution in [-0.4, -0.2) is 55.4 Å². The van der Waals surface area contributed by atoms with Crippen molar-refractivity contribution >= 4 is 11.8 Å². The lowest BCUT2D eigenvalue weighted by molar-refractivity contribution is -0.128. The zero-order chi connectivity index (χ0) is 21.7. The van der Waals surface area contributed by atoms with Gasteiger partial charge in [-0.2, -0.15) is 0 Å². The Kier molecular flexibility index (Phi) is 7.02. The van der Waals surface area contributed by atoms with Crippen molar-refractivity contribution in [3.05, 3.63) is 69.6 Å². The van der Waals surface area contributed by atoms with Crippen LogP contribution in [0.25, 0.3) is 0 Å². The van der Waals surface area contributed by atoms with Crippen molar-refractivity contribution in [1.29, 1.82) is 0 Å². The van der Waals surface area contributed by atoms with E-state index in [-0.39, 0.29) is 41.8 Å². The summed E-state index contributed by atoms with van der Waals surface area (Å²) < 4.78 is 12.4. The maximum atomic E-state index is 12.9. The number of amides is 2. The van der Waals surface area contributed by atoms with Gasteiger partial charge in [-0.05, 0) is 25.0 Å². The molecule has 2 amide bonds. The van der Waals surface area contributed by atoms with Crippen LogP contribution >= 0.6 is 0 Å². The number of benzene rings is 1. The fourth-order valence-corrected chi connectivity index (χ4v) is 3.62. The third kappa shape index (κ3) is 4.60. The number of aromatic nitrogens is 1. The average Bonchev–Trinajstić information content (AvgIpc) is 2.74. The second kappa shape index (κ2) is 9.69. The van der Waals surface area contributed by atoms with E-state index in [4.69, 9.17) is 9.47 Å². The predicted molar refractivity (Wildman–Crippen MR) is 112 cm³/mol. The molecule has 8 nitrogen and oxygen atoms in total. The van der Waals surface area contributed by atoms with Crippen LogP contribution in [0.2, 0.25) is 0 Å². The van der Waals surface area contributed by atoms with Crippen LogP contribution in [0.15, 0.2) is 47.4 Å². The van der Waals surface area contributed by atoms with Crippen LogP contribution in [0, 0.1) is 0 Å². The van der Waals surface area contributed by atoms with E-state index in [2.05, 4.69) is 10.6 Å². The SMILES string of the molecule is CCOC1CC(NC(=O)c2cc(C(=O)NC)c(=O)n(Cc3ccccc3)c2)C1OC. The topological polar surface area (TPSA) is 98.7 Å². The minimum atomic E-state index is -0.536. The third-order valence-corrected chi connectivity index (χ3v) is 5.23. The molecule has 1 saturated carbocycles. The minimum Gasteiger partial charge on any atom is -0.377 e. The average molecular weight is 413 g/mol. The highest BCUT2D eigenvalue weighted by molar-refractivity contribution is 5.99. The van der Waals surface area contributed by atoms with Crippen LogP contribution in [0.1, 0.15) is 39.6 Å². The zero-order valence-electron chi connectivity index (χ0n) is 17.4. The van der Waals surface area contributed by atoms with Crippen molar-refractivity contribution in [2.75, 3.05) is 20.8 Å². The van der Waals surface area contributed by atoms with Gasteiger partial charge in [-0.25, -0.2) is 0 Å². The first-order valence-electron chi connectivity index (χ1n) is 9.94. The van der Waals surface area contributed by atoms with E-state index in [9.17, 15) is 14.4 Å². The van der Waals surface area contributed by atoms with Gasteiger partial charge in [-0.1, -0.05) is 30.3 Å². The largest absolute Gasteiger partial charge is 0.377 e. The van der Waals surface area contributed by atoms with E-state index in [1.54, 1.807) is 7.11 Å². The molecule has 0 bridgehead atoms. The molecule has 8 heteroatoms. The number of methoxy groups -OCH3 is 1. The standard InChI is InChI=1S/C22H27N3O5/c1-4-30-18-11-17(19(18)29-3)24-20(26)15-10-16(21(27)23-2)22(28)25(13-15)12-14-8-6-5-7-9-14/h5-10,13,17-19H,4,11-12H2,1-3H3,(H,23,27)(H,24,26). The Labute approximate surface area is 175 Å². The first-order chi connectivity index (χ1) is 14.5. The Bertz CT molecular complexity index is 957. The highest BCUT2D eigenvalue weighted by atomic mass is 16.5. The quantitative estimate of drug-likeness (QED) is 0.677. The maximum absolute atomic E-state index is 12.9. The molecule has 30 heavy (non-hydrogen) atoms. The van der Waals surface area contributed by atoms with Crippen molar-refractivity contribution in [3.63, 3.8) is 0 Å². The molecule has 3 rings (SSSR count). The Morgan fingerprint density at radius 2 is 1.93 bits per heavy atom. The summed E-state index contributed by atoms with van der Waals surface area (Å²) in [7, 11) is 3.03. The summed E-state index contributed by atoms with van der Waals surface area (Å²) in [5.41, 5.74) is 0.589. The number of pyridine rings is 1. The molecule has 0 aliphatic heterocycles. The van der Waals surface area contributed by atoms with E-state index in [1.165, 1.54) is 23.9 Å². The van der Waals surface area contributed by atoms with E-state index in [0.29, 0.717) is 13.0 Å². The molecule has 160 valence electrons. The molecule has 0 saturated heterocycles. The Balaban J connectivity index is 1.86. The van der Waals surface area contributed by atoms with Gasteiger partial charge in [0, 0.05) is 27.0 Å². The van der Waals surface area contributed by atoms with E-state index >= 15 is 0 Å². The zero-order valence-corrected chi connectivity index (χ0v) is 17.4. The molecule has 1 heterocycles. The summed E-state index contributed by atoms with van der Waals surface area (Å²) in [4.78, 5) is 37.9. The Hall–Kier alpha value is -2.97. The summed E-state index contributed by atoms with van der Waals surface area (Å²) in [6.07, 6.45) is 1.84. The number of carbonyl (C=O) groups is 2. The van der Waals surface area contributed by atoms with Gasteiger partial charge in [0.15, 0.2) is 0 Å². The molecule has 1 aliphatic rings. The third-order valence-electron chi connectivity index (χ3n) is 5.23. The van der Waals surface area contributed by atoms with Gasteiger partial charge in [-0.3, -0.25) is 14.4 Å². The van der Waals surface area contributed by atoms with E-state index in [1.807, 2.05) is 37.3 Å². The van der Waals surface area contributed by atoms with Gasteiger partial charge < -0.3 is 24.7 Å². The highest BCUT2D eigenvalue weighted by Gasteiger charge is 2.43. The lowest BCUT2D eigenvalue weighted by Gasteiger charge is -2.43. The summed E-state index contributed by atoms with van der Waals surface area (Å²) in [6, 6.07) is 10.5. The normalized spacial score (nSPS) is 20.3. The Morgan fingerprint density at radius 1 is 1.20 bits per heavy atom. The van der Waals surface area contributed by atoms with Crippen molar-refractivity contribution in [2.24, 2.45) is 0 Å². The van der Waals surface area contributed by atoms with Gasteiger partial charge in [0.25, 0.3) is 17.4 Å². The predicted octanol–water partition coefficient (Wildman–Crippen LogP) is 1.18. The number of hydrogen-bond acceptors (Lipinski definition) is 5. The second-order valence-corrected chi connectivity index (χ2v) is 7.15. The van der Waals surface area contributed by atoms with Gasteiger partial charge in [0.2, 0.25) is 0 Å². The fourth-order valence-electron chi connectivity index (χ4n) is 3.62. The fraction of sp³-hybridized carbons (Fsp3) is 0.409. The summed E-state index contributed by atoms with van der Waals surface area (Å²) >= 11 is 0. The number of ether oxygens (including phenoxy) is 2. The molecular formula is C22H27N3O5. The number of carbonyl (C=O) groups excluding carboxylic acids is 2. The molecular weight excluding hydrogens is 386 g/mol. The number of nitrogens with zero attached hydrogens (tertiary/aromatic N) is 1. The minimum absolute atomic E-state index is 0.0567. The monoisotopic (exact) mass is 413 g/mol. The molecule has 0 radical (unpaired) electrons. The van der Waals surface area contributed by atoms with Crippen LogP contribution in [0.5, 0.6) is 0 Å². The smallest absolute Gasteiger partial charge is 0.263 e. The number of nitrogens with one attached hydrogen (secondary N) is 2. The first kappa shape index (κ1) is 21.7. The molecule has 1 fully saturated rings. The van der Waals surface area contributed by atoms with Gasteiger partial charge in [0.1, 0.15) is 11.7 Å². The first-order valence-corrected chi connectivity index (χ1v) is 9.94. The molecule has 1 aromatic heterocycles. The molecule has 0 spiro atoms. The van der Waals surface area contributed by atoms with Crippen molar-refractivity contribution in [2.45, 2.75) is 38.1 Å². The molecule has 3 unspecified atom stereocenters. The molecule has 1 aromatic carbocycles. The highest BCUT2D eigenvalue weighted by Crippen LogP contribution is 2.27. The lowest BCUT2D eigenvalue weighted by Crippen LogP contribution is -2.61. The molecule has 3 atom stereocenters. The van der Waals surface area contributed by atoms with Crippen molar-refractivity contribution < 1.29 is 19.1 Å². The van der Waals surface area contributed by atoms with Gasteiger partial charge in [-0.15, -0.1) is 0 Å². The second-order valence-electron chi connectivity index (χ2n) is 7.15. The van der Waals surface area contributed by atoms with E-state index in [0.717, 1.165) is 5.56 Å². The van der Waals surface area contributed by atoms with Crippen LogP contribution in [-0.2, 0) is 16.0 Å². The van der Waals surface area contributed by atoms with E-state index < -0.39 is 11.5 Å². The molecule has 2 aromatic rings. The Morgan fingerprint density at radius 3 is 2.57 bits per heavy atom. The van der Waals surface area contributed by atoms with Crippen LogP contribution in [0.3, 0.4) is 0 Å². The maximum Gasteiger partial charge on any atom is 0.263 e. The number of hydrogen-bond donors (Lipinski definition) is 2. The summed E-state index contributed by atoms with van der Waals surface area (Å²) in [5, 5.41) is 5.38. The van der Waals surface area contributed by atoms with Crippen LogP contribution < -0.4 is 16.2 Å². The van der Waals surface area contributed by atoms with Crippen molar-refractivity contribution in [3.8, 4) is 0 Å². The number of rotatable bonds is 8. The van der Waals surface area contributed by atoms with Crippen molar-refractivity contribution in [1.82, 2.24) is 15.2 Å². The summed E-state index contributed by atoms with van der Waals surface area (Å²) in [6.45, 7) is 2.74.